The standard InChI is InChI=1S/C25H30N4O2/c1-4-5-6-9-18(2)25(30)29-20-14-12-19(13-15-20)28-24-16-22(26-17-27-24)21-10-7-8-11-23(21)31-3/h7-8,10-18H,4-6,9H2,1-3H3,(H,29,30)(H,26,27,28). The molecule has 31 heavy (non-hydrogen) atoms. The van der Waals surface area contributed by atoms with Crippen LogP contribution in [0.2, 0.25) is 0 Å². The highest BCUT2D eigenvalue weighted by molar-refractivity contribution is 5.92. The lowest BCUT2D eigenvalue weighted by molar-refractivity contribution is -0.119. The van der Waals surface area contributed by atoms with Gasteiger partial charge in [-0.15, -0.1) is 0 Å². The smallest absolute Gasteiger partial charge is 0.227 e. The summed E-state index contributed by atoms with van der Waals surface area (Å²) in [6.07, 6.45) is 5.86. The molecule has 1 heterocycles. The number of hydrogen-bond donors (Lipinski definition) is 2. The minimum atomic E-state index is 0.0127. The van der Waals surface area contributed by atoms with E-state index in [1.165, 1.54) is 12.7 Å². The van der Waals surface area contributed by atoms with E-state index in [1.54, 1.807) is 7.11 Å². The highest BCUT2D eigenvalue weighted by Gasteiger charge is 2.12. The van der Waals surface area contributed by atoms with E-state index >= 15 is 0 Å². The molecule has 1 aromatic heterocycles. The predicted octanol–water partition coefficient (Wildman–Crippen LogP) is 6.05. The maximum Gasteiger partial charge on any atom is 0.227 e. The molecule has 0 fully saturated rings. The number of carbonyl (C=O) groups excluding carboxylic acids is 1. The first-order valence-corrected chi connectivity index (χ1v) is 10.7. The van der Waals surface area contributed by atoms with Gasteiger partial charge in [0.25, 0.3) is 0 Å². The van der Waals surface area contributed by atoms with Crippen molar-refractivity contribution in [3.8, 4) is 17.0 Å². The Labute approximate surface area is 184 Å². The Hall–Kier alpha value is -3.41. The largest absolute Gasteiger partial charge is 0.496 e. The molecule has 0 saturated heterocycles. The van der Waals surface area contributed by atoms with Crippen LogP contribution in [-0.2, 0) is 4.79 Å². The van der Waals surface area contributed by atoms with Crippen LogP contribution < -0.4 is 15.4 Å². The number of carbonyl (C=O) groups is 1. The fraction of sp³-hybridized carbons (Fsp3) is 0.320. The van der Waals surface area contributed by atoms with Crippen LogP contribution in [0.25, 0.3) is 11.3 Å². The first-order chi connectivity index (χ1) is 15.1. The van der Waals surface area contributed by atoms with Crippen LogP contribution in [0.3, 0.4) is 0 Å². The van der Waals surface area contributed by atoms with Crippen molar-refractivity contribution in [1.29, 1.82) is 0 Å². The van der Waals surface area contributed by atoms with Gasteiger partial charge in [-0.25, -0.2) is 9.97 Å². The number of methoxy groups -OCH3 is 1. The molecule has 1 atom stereocenters. The molecule has 3 rings (SSSR count). The molecule has 6 nitrogen and oxygen atoms in total. The lowest BCUT2D eigenvalue weighted by Crippen LogP contribution is -2.20. The molecule has 6 heteroatoms. The Morgan fingerprint density at radius 1 is 1.03 bits per heavy atom. The van der Waals surface area contributed by atoms with Gasteiger partial charge in [-0.3, -0.25) is 4.79 Å². The molecule has 0 radical (unpaired) electrons. The van der Waals surface area contributed by atoms with Gasteiger partial charge in [0, 0.05) is 28.9 Å². The molecule has 162 valence electrons. The van der Waals surface area contributed by atoms with E-state index in [2.05, 4.69) is 27.5 Å². The third-order valence-electron chi connectivity index (χ3n) is 5.16. The average molecular weight is 419 g/mol. The molecule has 0 spiro atoms. The molecular weight excluding hydrogens is 388 g/mol. The van der Waals surface area contributed by atoms with Crippen LogP contribution in [0.5, 0.6) is 5.75 Å². The fourth-order valence-electron chi connectivity index (χ4n) is 3.31. The Kier molecular flexibility index (Phi) is 7.98. The van der Waals surface area contributed by atoms with Crippen LogP contribution in [-0.4, -0.2) is 23.0 Å². The quantitative estimate of drug-likeness (QED) is 0.392. The van der Waals surface area contributed by atoms with Crippen molar-refractivity contribution in [2.24, 2.45) is 5.92 Å². The van der Waals surface area contributed by atoms with Gasteiger partial charge in [0.1, 0.15) is 17.9 Å². The van der Waals surface area contributed by atoms with Crippen LogP contribution in [0.4, 0.5) is 17.2 Å². The first-order valence-electron chi connectivity index (χ1n) is 10.7. The molecule has 0 aliphatic heterocycles. The fourth-order valence-corrected chi connectivity index (χ4v) is 3.31. The van der Waals surface area contributed by atoms with Gasteiger partial charge in [0.05, 0.1) is 12.8 Å². The van der Waals surface area contributed by atoms with Gasteiger partial charge in [-0.1, -0.05) is 45.2 Å². The highest BCUT2D eigenvalue weighted by atomic mass is 16.5. The second-order valence-electron chi connectivity index (χ2n) is 7.58. The number of nitrogens with one attached hydrogen (secondary N) is 2. The van der Waals surface area contributed by atoms with Crippen molar-refractivity contribution in [1.82, 2.24) is 9.97 Å². The highest BCUT2D eigenvalue weighted by Crippen LogP contribution is 2.29. The van der Waals surface area contributed by atoms with Gasteiger partial charge in [-0.05, 0) is 42.8 Å². The SMILES string of the molecule is CCCCCC(C)C(=O)Nc1ccc(Nc2cc(-c3ccccc3OC)ncn2)cc1. The summed E-state index contributed by atoms with van der Waals surface area (Å²) >= 11 is 0. The van der Waals surface area contributed by atoms with Crippen LogP contribution in [0.15, 0.2) is 60.9 Å². The first kappa shape index (κ1) is 22.3. The van der Waals surface area contributed by atoms with Gasteiger partial charge in [0.2, 0.25) is 5.91 Å². The summed E-state index contributed by atoms with van der Waals surface area (Å²) in [5.41, 5.74) is 3.34. The maximum absolute atomic E-state index is 12.4. The van der Waals surface area contributed by atoms with E-state index in [1.807, 2.05) is 61.5 Å². The van der Waals surface area contributed by atoms with Crippen molar-refractivity contribution in [2.45, 2.75) is 39.5 Å². The molecular formula is C25H30N4O2. The number of nitrogens with zero attached hydrogens (tertiary/aromatic N) is 2. The monoisotopic (exact) mass is 418 g/mol. The summed E-state index contributed by atoms with van der Waals surface area (Å²) in [5.74, 6) is 1.52. The van der Waals surface area contributed by atoms with E-state index in [4.69, 9.17) is 4.74 Å². The Morgan fingerprint density at radius 3 is 2.52 bits per heavy atom. The number of benzene rings is 2. The number of unbranched alkanes of at least 4 members (excludes halogenated alkanes) is 2. The zero-order valence-electron chi connectivity index (χ0n) is 18.4. The average Bonchev–Trinajstić information content (AvgIpc) is 2.80. The zero-order valence-corrected chi connectivity index (χ0v) is 18.4. The molecule has 1 amide bonds. The topological polar surface area (TPSA) is 76.1 Å². The van der Waals surface area contributed by atoms with Crippen molar-refractivity contribution in [3.63, 3.8) is 0 Å². The van der Waals surface area contributed by atoms with E-state index in [0.717, 1.165) is 47.6 Å². The van der Waals surface area contributed by atoms with E-state index in [9.17, 15) is 4.79 Å². The van der Waals surface area contributed by atoms with Gasteiger partial charge in [-0.2, -0.15) is 0 Å². The van der Waals surface area contributed by atoms with E-state index in [0.29, 0.717) is 5.82 Å². The van der Waals surface area contributed by atoms with Gasteiger partial charge >= 0.3 is 0 Å². The molecule has 2 N–H and O–H groups in total. The second kappa shape index (κ2) is 11.1. The molecule has 3 aromatic rings. The molecule has 1 unspecified atom stereocenters. The van der Waals surface area contributed by atoms with E-state index < -0.39 is 0 Å². The van der Waals surface area contributed by atoms with Crippen molar-refractivity contribution >= 4 is 23.1 Å². The third kappa shape index (κ3) is 6.28. The Morgan fingerprint density at radius 2 is 1.77 bits per heavy atom. The lowest BCUT2D eigenvalue weighted by atomic mass is 10.0. The predicted molar refractivity (Wildman–Crippen MR) is 126 cm³/mol. The van der Waals surface area contributed by atoms with E-state index in [-0.39, 0.29) is 11.8 Å². The molecule has 0 saturated carbocycles. The minimum absolute atomic E-state index is 0.0127. The second-order valence-corrected chi connectivity index (χ2v) is 7.58. The molecule has 0 bridgehead atoms. The number of ether oxygens (including phenoxy) is 1. The van der Waals surface area contributed by atoms with Crippen LogP contribution in [0, 0.1) is 5.92 Å². The summed E-state index contributed by atoms with van der Waals surface area (Å²) in [4.78, 5) is 21.0. The van der Waals surface area contributed by atoms with Crippen LogP contribution >= 0.6 is 0 Å². The maximum atomic E-state index is 12.4. The normalized spacial score (nSPS) is 11.6. The summed E-state index contributed by atoms with van der Waals surface area (Å²) in [6, 6.07) is 17.2. The number of aromatic nitrogens is 2. The number of anilines is 3. The molecule has 2 aromatic carbocycles. The Bertz CT molecular complexity index is 989. The summed E-state index contributed by atoms with van der Waals surface area (Å²) in [7, 11) is 1.64. The number of hydrogen-bond acceptors (Lipinski definition) is 5. The molecule has 0 aliphatic carbocycles. The number of amides is 1. The third-order valence-corrected chi connectivity index (χ3v) is 5.16. The van der Waals surface area contributed by atoms with Crippen molar-refractivity contribution < 1.29 is 9.53 Å². The summed E-state index contributed by atoms with van der Waals surface area (Å²) in [5, 5.41) is 6.28. The van der Waals surface area contributed by atoms with Crippen molar-refractivity contribution in [3.05, 3.63) is 60.9 Å². The zero-order chi connectivity index (χ0) is 22.1. The van der Waals surface area contributed by atoms with Gasteiger partial charge < -0.3 is 15.4 Å². The molecule has 0 aliphatic rings. The number of rotatable bonds is 10. The van der Waals surface area contributed by atoms with Crippen molar-refractivity contribution in [2.75, 3.05) is 17.7 Å². The summed E-state index contributed by atoms with van der Waals surface area (Å²) in [6.45, 7) is 4.15. The Balaban J connectivity index is 1.63. The minimum Gasteiger partial charge on any atom is -0.496 e. The van der Waals surface area contributed by atoms with Crippen LogP contribution in [0.1, 0.15) is 39.5 Å². The van der Waals surface area contributed by atoms with Gasteiger partial charge in [0.15, 0.2) is 0 Å². The lowest BCUT2D eigenvalue weighted by Gasteiger charge is -2.13. The summed E-state index contributed by atoms with van der Waals surface area (Å²) < 4.78 is 5.43. The number of para-hydroxylation sites is 1.